The molecule has 1 heterocycles. The molecule has 5 atom stereocenters. The van der Waals surface area contributed by atoms with Gasteiger partial charge in [0.2, 0.25) is 0 Å². The summed E-state index contributed by atoms with van der Waals surface area (Å²) in [5, 5.41) is 0.318. The second-order valence-electron chi connectivity index (χ2n) is 11.1. The maximum Gasteiger partial charge on any atom is -1.00 e. The van der Waals surface area contributed by atoms with E-state index in [0.29, 0.717) is 22.8 Å². The average molecular weight is 604 g/mol. The van der Waals surface area contributed by atoms with E-state index >= 15 is 0 Å². The number of halogens is 2. The minimum atomic E-state index is -1.60. The summed E-state index contributed by atoms with van der Waals surface area (Å²) in [7, 11) is -1.60. The van der Waals surface area contributed by atoms with E-state index in [2.05, 4.69) is 122 Å². The Bertz CT molecular complexity index is 1340. The standard InChI is InChI=1S/C32H29Si.2ClH.Zr/c1-33(2)31(21-25-16-15-22-9-3-6-12-26(22)25)32(33,29-19-17-23-10-4-7-13-27(23)29)30-20-18-24-11-5-8-14-28(24)30;;;/h3-21,25,29-31H,1-2H3;2*1H;/q;;;+2/p-2. The minimum Gasteiger partial charge on any atom is -1.00 e. The van der Waals surface area contributed by atoms with Crippen molar-refractivity contribution in [1.82, 2.24) is 0 Å². The number of rotatable bonds is 4. The molecule has 0 saturated carbocycles. The predicted octanol–water partition coefficient (Wildman–Crippen LogP) is 2.59. The van der Waals surface area contributed by atoms with Crippen LogP contribution >= 0.6 is 0 Å². The fraction of sp³-hybridized carbons (Fsp3) is 0.250. The van der Waals surface area contributed by atoms with Crippen LogP contribution in [0.3, 0.4) is 0 Å². The molecule has 3 aliphatic carbocycles. The molecular weight excluding hydrogens is 575 g/mol. The summed E-state index contributed by atoms with van der Waals surface area (Å²) in [5.74, 6) is 1.59. The largest absolute Gasteiger partial charge is 1.00 e. The van der Waals surface area contributed by atoms with E-state index < -0.39 is 8.07 Å². The molecule has 4 aliphatic rings. The molecule has 36 heavy (non-hydrogen) atoms. The van der Waals surface area contributed by atoms with Gasteiger partial charge in [0.15, 0.2) is 0 Å². The van der Waals surface area contributed by atoms with Gasteiger partial charge in [-0.1, -0.05) is 0 Å². The van der Waals surface area contributed by atoms with Crippen LogP contribution in [0.25, 0.3) is 18.2 Å². The van der Waals surface area contributed by atoms with Crippen molar-refractivity contribution in [2.45, 2.75) is 45.1 Å². The first-order valence-corrected chi connectivity index (χ1v) is 17.1. The van der Waals surface area contributed by atoms with Gasteiger partial charge in [0.1, 0.15) is 0 Å². The van der Waals surface area contributed by atoms with Crippen molar-refractivity contribution in [3.8, 4) is 0 Å². The van der Waals surface area contributed by atoms with Crippen LogP contribution in [0.2, 0.25) is 27.3 Å². The van der Waals surface area contributed by atoms with Crippen molar-refractivity contribution >= 4 is 26.3 Å². The molecule has 5 unspecified atom stereocenters. The molecule has 1 saturated heterocycles. The number of allylic oxidation sites excluding steroid dienone is 3. The van der Waals surface area contributed by atoms with Gasteiger partial charge in [-0.05, 0) is 0 Å². The van der Waals surface area contributed by atoms with Gasteiger partial charge >= 0.3 is 220 Å². The Labute approximate surface area is 243 Å². The second kappa shape index (κ2) is 9.39. The van der Waals surface area contributed by atoms with Gasteiger partial charge in [0, 0.05) is 0 Å². The van der Waals surface area contributed by atoms with E-state index in [4.69, 9.17) is 0 Å². The van der Waals surface area contributed by atoms with Gasteiger partial charge < -0.3 is 24.8 Å². The summed E-state index contributed by atoms with van der Waals surface area (Å²) < 4.78 is 0.719. The van der Waals surface area contributed by atoms with E-state index in [1.54, 1.807) is 41.4 Å². The molecule has 1 aliphatic heterocycles. The molecule has 3 aromatic carbocycles. The van der Waals surface area contributed by atoms with E-state index in [0.717, 1.165) is 9.17 Å². The van der Waals surface area contributed by atoms with Crippen LogP contribution in [-0.2, 0) is 24.7 Å². The molecular formula is C32H29Cl2SiZr. The van der Waals surface area contributed by atoms with Crippen LogP contribution in [0.5, 0.6) is 0 Å². The van der Waals surface area contributed by atoms with Crippen LogP contribution in [0.1, 0.15) is 51.1 Å². The van der Waals surface area contributed by atoms with Gasteiger partial charge in [-0.3, -0.25) is 0 Å². The number of hydrogen-bond acceptors (Lipinski definition) is 0. The fourth-order valence-corrected chi connectivity index (χ4v) is 19.4. The molecule has 3 aromatic rings. The van der Waals surface area contributed by atoms with Gasteiger partial charge in [0.05, 0.1) is 0 Å². The average Bonchev–Trinajstić information content (AvgIpc) is 3.39. The van der Waals surface area contributed by atoms with Crippen LogP contribution in [-0.4, -0.2) is 8.07 Å². The molecule has 0 bridgehead atoms. The molecule has 179 valence electrons. The van der Waals surface area contributed by atoms with Gasteiger partial charge in [-0.15, -0.1) is 0 Å². The van der Waals surface area contributed by atoms with Gasteiger partial charge in [0.25, 0.3) is 0 Å². The van der Waals surface area contributed by atoms with Gasteiger partial charge in [-0.25, -0.2) is 0 Å². The van der Waals surface area contributed by atoms with Crippen molar-refractivity contribution in [2.24, 2.45) is 0 Å². The molecule has 0 spiro atoms. The maximum atomic E-state index is 2.71. The Morgan fingerprint density at radius 1 is 0.639 bits per heavy atom. The number of benzene rings is 3. The van der Waals surface area contributed by atoms with Crippen LogP contribution in [0.15, 0.2) is 91.0 Å². The Morgan fingerprint density at radius 2 is 1.06 bits per heavy atom. The molecule has 0 nitrogen and oxygen atoms in total. The van der Waals surface area contributed by atoms with Crippen molar-refractivity contribution in [3.05, 3.63) is 124 Å². The quantitative estimate of drug-likeness (QED) is 0.403. The third kappa shape index (κ3) is 3.41. The molecule has 0 aromatic heterocycles. The Morgan fingerprint density at radius 3 is 1.58 bits per heavy atom. The van der Waals surface area contributed by atoms with Crippen molar-refractivity contribution in [3.63, 3.8) is 0 Å². The molecule has 1 fully saturated rings. The molecule has 0 radical (unpaired) electrons. The zero-order valence-corrected chi connectivity index (χ0v) is 25.5. The second-order valence-corrected chi connectivity index (χ2v) is 17.7. The third-order valence-corrected chi connectivity index (χ3v) is 17.3. The number of hydrogen-bond donors (Lipinski definition) is 0. The topological polar surface area (TPSA) is 0 Å². The SMILES string of the molecule is C[Si]1(C)C([CH]([Zr+2])C2C=Cc3ccccc32)C1(C1C=Cc2ccccc21)C1C=Cc2ccccc21.[Cl-].[Cl-]. The van der Waals surface area contributed by atoms with Crippen LogP contribution in [0, 0.1) is 0 Å². The first-order chi connectivity index (χ1) is 16.5. The van der Waals surface area contributed by atoms with E-state index in [1.807, 2.05) is 0 Å². The van der Waals surface area contributed by atoms with E-state index in [1.165, 1.54) is 16.7 Å². The maximum absolute atomic E-state index is 2.71. The predicted molar refractivity (Wildman–Crippen MR) is 142 cm³/mol. The zero-order chi connectivity index (χ0) is 23.1. The van der Waals surface area contributed by atoms with E-state index in [-0.39, 0.29) is 24.8 Å². The first kappa shape index (κ1) is 26.2. The number of fused-ring (bicyclic) bond motifs is 3. The Balaban J connectivity index is 0.00000133. The van der Waals surface area contributed by atoms with E-state index in [9.17, 15) is 0 Å². The zero-order valence-electron chi connectivity index (χ0n) is 20.5. The van der Waals surface area contributed by atoms with Gasteiger partial charge in [-0.2, -0.15) is 0 Å². The monoisotopic (exact) mass is 601 g/mol. The summed E-state index contributed by atoms with van der Waals surface area (Å²) in [6.45, 7) is 5.42. The normalized spacial score (nSPS) is 30.1. The summed E-state index contributed by atoms with van der Waals surface area (Å²) >= 11 is 1.70. The summed E-state index contributed by atoms with van der Waals surface area (Å²) in [5.41, 5.74) is 9.78. The summed E-state index contributed by atoms with van der Waals surface area (Å²) in [6, 6.07) is 27.4. The van der Waals surface area contributed by atoms with Crippen LogP contribution < -0.4 is 24.8 Å². The molecule has 7 rings (SSSR count). The van der Waals surface area contributed by atoms with Crippen LogP contribution in [0.4, 0.5) is 0 Å². The summed E-state index contributed by atoms with van der Waals surface area (Å²) in [4.78, 5) is 0. The Hall–Kier alpha value is -1.44. The van der Waals surface area contributed by atoms with Crippen molar-refractivity contribution in [1.29, 1.82) is 0 Å². The molecule has 4 heteroatoms. The first-order valence-electron chi connectivity index (χ1n) is 12.6. The van der Waals surface area contributed by atoms with Crippen molar-refractivity contribution in [2.75, 3.05) is 0 Å². The Kier molecular flexibility index (Phi) is 6.83. The summed E-state index contributed by atoms with van der Waals surface area (Å²) in [6.07, 6.45) is 14.9. The van der Waals surface area contributed by atoms with Crippen molar-refractivity contribution < 1.29 is 49.5 Å². The molecule has 0 amide bonds. The smallest absolute Gasteiger partial charge is 1.00 e. The minimum absolute atomic E-state index is 0. The third-order valence-electron chi connectivity index (χ3n) is 9.54. The molecule has 0 N–H and O–H groups in total. The fourth-order valence-electron chi connectivity index (χ4n) is 8.13.